The average molecular weight is 238 g/mol. The molecule has 0 heterocycles. The molecule has 1 aliphatic carbocycles. The van der Waals surface area contributed by atoms with E-state index >= 15 is 0 Å². The number of rotatable bonds is 4. The summed E-state index contributed by atoms with van der Waals surface area (Å²) >= 11 is 0. The van der Waals surface area contributed by atoms with E-state index in [-0.39, 0.29) is 17.7 Å². The number of hydrogen-bond acceptors (Lipinski definition) is 3. The molecule has 17 heavy (non-hydrogen) atoms. The molecule has 0 bridgehead atoms. The Morgan fingerprint density at radius 1 is 1.35 bits per heavy atom. The van der Waals surface area contributed by atoms with Gasteiger partial charge >= 0.3 is 0 Å². The lowest BCUT2D eigenvalue weighted by Gasteiger charge is -2.27. The fraction of sp³-hybridized carbons (Fsp3) is 0.538. The number of aliphatic hydroxyl groups is 1. The van der Waals surface area contributed by atoms with E-state index in [9.17, 15) is 9.50 Å². The largest absolute Gasteiger partial charge is 0.396 e. The molecule has 4 heteroatoms. The summed E-state index contributed by atoms with van der Waals surface area (Å²) in [5, 5.41) is 12.6. The number of hydrogen-bond donors (Lipinski definition) is 3. The van der Waals surface area contributed by atoms with Gasteiger partial charge in [0, 0.05) is 12.0 Å². The molecule has 1 aliphatic rings. The highest BCUT2D eigenvalue weighted by Gasteiger charge is 2.33. The topological polar surface area (TPSA) is 58.3 Å². The SMILES string of the molecule is Nc1c(F)cccc1NCC1(CO)CCCC1. The van der Waals surface area contributed by atoms with Crippen molar-refractivity contribution in [3.63, 3.8) is 0 Å². The summed E-state index contributed by atoms with van der Waals surface area (Å²) in [6.45, 7) is 0.826. The van der Waals surface area contributed by atoms with Crippen molar-refractivity contribution in [3.8, 4) is 0 Å². The first-order valence-electron chi connectivity index (χ1n) is 6.06. The Kier molecular flexibility index (Phi) is 3.52. The third kappa shape index (κ3) is 2.52. The molecule has 0 aliphatic heterocycles. The van der Waals surface area contributed by atoms with E-state index in [4.69, 9.17) is 5.73 Å². The summed E-state index contributed by atoms with van der Waals surface area (Å²) < 4.78 is 13.2. The highest BCUT2D eigenvalue weighted by molar-refractivity contribution is 5.66. The predicted molar refractivity (Wildman–Crippen MR) is 67.3 cm³/mol. The minimum atomic E-state index is -0.403. The molecular formula is C13H19FN2O. The first kappa shape index (κ1) is 12.2. The lowest BCUT2D eigenvalue weighted by Crippen LogP contribution is -2.30. The van der Waals surface area contributed by atoms with Crippen LogP contribution in [0.3, 0.4) is 0 Å². The van der Waals surface area contributed by atoms with Crippen molar-refractivity contribution >= 4 is 11.4 Å². The Bertz CT molecular complexity index is 389. The van der Waals surface area contributed by atoms with Crippen LogP contribution in [0.2, 0.25) is 0 Å². The molecule has 3 nitrogen and oxygen atoms in total. The molecular weight excluding hydrogens is 219 g/mol. The number of nitrogens with one attached hydrogen (secondary N) is 1. The van der Waals surface area contributed by atoms with Crippen molar-refractivity contribution < 1.29 is 9.50 Å². The van der Waals surface area contributed by atoms with E-state index in [2.05, 4.69) is 5.32 Å². The highest BCUT2D eigenvalue weighted by Crippen LogP contribution is 2.38. The number of anilines is 2. The Morgan fingerprint density at radius 3 is 2.71 bits per heavy atom. The summed E-state index contributed by atoms with van der Waals surface area (Å²) in [5.41, 5.74) is 6.36. The smallest absolute Gasteiger partial charge is 0.148 e. The predicted octanol–water partition coefficient (Wildman–Crippen LogP) is 2.37. The number of nitrogens with two attached hydrogens (primary N) is 1. The van der Waals surface area contributed by atoms with Gasteiger partial charge in [-0.05, 0) is 25.0 Å². The Hall–Kier alpha value is -1.29. The molecule has 4 N–H and O–H groups in total. The first-order valence-corrected chi connectivity index (χ1v) is 6.06. The number of para-hydroxylation sites is 1. The molecule has 0 unspecified atom stereocenters. The zero-order chi connectivity index (χ0) is 12.3. The second kappa shape index (κ2) is 4.92. The van der Waals surface area contributed by atoms with Gasteiger partial charge in [-0.2, -0.15) is 0 Å². The van der Waals surface area contributed by atoms with Crippen molar-refractivity contribution in [2.45, 2.75) is 25.7 Å². The number of aliphatic hydroxyl groups excluding tert-OH is 1. The van der Waals surface area contributed by atoms with Crippen molar-refractivity contribution in [3.05, 3.63) is 24.0 Å². The zero-order valence-corrected chi connectivity index (χ0v) is 9.88. The Labute approximate surface area is 101 Å². The van der Waals surface area contributed by atoms with Crippen molar-refractivity contribution in [1.82, 2.24) is 0 Å². The van der Waals surface area contributed by atoms with Crippen LogP contribution in [0.5, 0.6) is 0 Å². The molecule has 1 saturated carbocycles. The molecule has 0 spiro atoms. The standard InChI is InChI=1S/C13H19FN2O/c14-10-4-3-5-11(12(10)15)16-8-13(9-17)6-1-2-7-13/h3-5,16-17H,1-2,6-9,15H2. The van der Waals surface area contributed by atoms with Crippen molar-refractivity contribution in [2.24, 2.45) is 5.41 Å². The van der Waals surface area contributed by atoms with Gasteiger partial charge in [-0.3, -0.25) is 0 Å². The molecule has 1 fully saturated rings. The quantitative estimate of drug-likeness (QED) is 0.706. The molecule has 0 aromatic heterocycles. The minimum absolute atomic E-state index is 0.0568. The second-order valence-corrected chi connectivity index (χ2v) is 4.92. The maximum atomic E-state index is 13.2. The molecule has 94 valence electrons. The Balaban J connectivity index is 2.04. The van der Waals surface area contributed by atoms with E-state index in [0.717, 1.165) is 25.7 Å². The van der Waals surface area contributed by atoms with E-state index < -0.39 is 5.82 Å². The molecule has 2 rings (SSSR count). The number of nitrogen functional groups attached to an aromatic ring is 1. The van der Waals surface area contributed by atoms with Crippen molar-refractivity contribution in [1.29, 1.82) is 0 Å². The summed E-state index contributed by atoms with van der Waals surface area (Å²) in [6, 6.07) is 4.74. The van der Waals surface area contributed by atoms with Crippen LogP contribution in [-0.4, -0.2) is 18.3 Å². The maximum Gasteiger partial charge on any atom is 0.148 e. The molecule has 0 amide bonds. The molecule has 0 saturated heterocycles. The van der Waals surface area contributed by atoms with Crippen LogP contribution in [0.4, 0.5) is 15.8 Å². The van der Waals surface area contributed by atoms with E-state index in [1.807, 2.05) is 0 Å². The third-order valence-corrected chi connectivity index (χ3v) is 3.71. The number of halogens is 1. The van der Waals surface area contributed by atoms with Crippen LogP contribution in [-0.2, 0) is 0 Å². The minimum Gasteiger partial charge on any atom is -0.396 e. The van der Waals surface area contributed by atoms with Gasteiger partial charge in [0.1, 0.15) is 5.82 Å². The Morgan fingerprint density at radius 2 is 2.06 bits per heavy atom. The van der Waals surface area contributed by atoms with Gasteiger partial charge in [0.05, 0.1) is 18.0 Å². The van der Waals surface area contributed by atoms with Gasteiger partial charge in [0.15, 0.2) is 0 Å². The van der Waals surface area contributed by atoms with Gasteiger partial charge in [0.25, 0.3) is 0 Å². The summed E-state index contributed by atoms with van der Waals surface area (Å²) in [7, 11) is 0. The average Bonchev–Trinajstić information content (AvgIpc) is 2.81. The van der Waals surface area contributed by atoms with Crippen molar-refractivity contribution in [2.75, 3.05) is 24.2 Å². The van der Waals surface area contributed by atoms with E-state index in [1.54, 1.807) is 12.1 Å². The second-order valence-electron chi connectivity index (χ2n) is 4.92. The van der Waals surface area contributed by atoms with Gasteiger partial charge in [0.2, 0.25) is 0 Å². The lowest BCUT2D eigenvalue weighted by atomic mass is 9.87. The van der Waals surface area contributed by atoms with Crippen LogP contribution < -0.4 is 11.1 Å². The maximum absolute atomic E-state index is 13.2. The fourth-order valence-corrected chi connectivity index (χ4v) is 2.49. The summed E-state index contributed by atoms with van der Waals surface area (Å²) in [5.74, 6) is -0.403. The van der Waals surface area contributed by atoms with Gasteiger partial charge in [-0.25, -0.2) is 4.39 Å². The fourth-order valence-electron chi connectivity index (χ4n) is 2.49. The highest BCUT2D eigenvalue weighted by atomic mass is 19.1. The zero-order valence-electron chi connectivity index (χ0n) is 9.88. The molecule has 0 radical (unpaired) electrons. The molecule has 1 aromatic carbocycles. The molecule has 0 atom stereocenters. The van der Waals surface area contributed by atoms with Crippen LogP contribution in [0.15, 0.2) is 18.2 Å². The third-order valence-electron chi connectivity index (χ3n) is 3.71. The normalized spacial score (nSPS) is 18.2. The van der Waals surface area contributed by atoms with Crippen LogP contribution in [0.25, 0.3) is 0 Å². The van der Waals surface area contributed by atoms with E-state index in [1.165, 1.54) is 6.07 Å². The van der Waals surface area contributed by atoms with Gasteiger partial charge in [-0.1, -0.05) is 18.9 Å². The monoisotopic (exact) mass is 238 g/mol. The summed E-state index contributed by atoms with van der Waals surface area (Å²) in [6.07, 6.45) is 4.35. The molecule has 1 aromatic rings. The van der Waals surface area contributed by atoms with Crippen LogP contribution in [0, 0.1) is 11.2 Å². The van der Waals surface area contributed by atoms with E-state index in [0.29, 0.717) is 12.2 Å². The summed E-state index contributed by atoms with van der Waals surface area (Å²) in [4.78, 5) is 0. The van der Waals surface area contributed by atoms with Gasteiger partial charge in [-0.15, -0.1) is 0 Å². The lowest BCUT2D eigenvalue weighted by molar-refractivity contribution is 0.142. The first-order chi connectivity index (χ1) is 8.17. The number of benzene rings is 1. The van der Waals surface area contributed by atoms with Crippen LogP contribution >= 0.6 is 0 Å². The van der Waals surface area contributed by atoms with Crippen LogP contribution in [0.1, 0.15) is 25.7 Å². The van der Waals surface area contributed by atoms with Gasteiger partial charge < -0.3 is 16.2 Å².